The van der Waals surface area contributed by atoms with E-state index in [2.05, 4.69) is 29.4 Å². The highest BCUT2D eigenvalue weighted by Gasteiger charge is 2.16. The normalized spacial score (nSPS) is 10.2. The van der Waals surface area contributed by atoms with Crippen molar-refractivity contribution in [2.75, 3.05) is 11.9 Å². The summed E-state index contributed by atoms with van der Waals surface area (Å²) in [5.74, 6) is -0.391. The molecular weight excluding hydrogens is 260 g/mol. The first-order valence-corrected chi connectivity index (χ1v) is 7.09. The number of thiazole rings is 1. The van der Waals surface area contributed by atoms with E-state index in [0.29, 0.717) is 17.3 Å². The molecule has 0 fully saturated rings. The van der Waals surface area contributed by atoms with E-state index in [4.69, 9.17) is 4.74 Å². The van der Waals surface area contributed by atoms with Gasteiger partial charge >= 0.3 is 5.97 Å². The zero-order valence-electron chi connectivity index (χ0n) is 11.0. The molecule has 19 heavy (non-hydrogen) atoms. The van der Waals surface area contributed by atoms with Crippen LogP contribution in [0, 0.1) is 0 Å². The molecule has 1 aromatic carbocycles. The molecule has 0 amide bonds. The van der Waals surface area contributed by atoms with Crippen LogP contribution in [-0.4, -0.2) is 17.6 Å². The fraction of sp³-hybridized carbons (Fsp3) is 0.286. The lowest BCUT2D eigenvalue weighted by atomic mass is 10.1. The number of hydrogen-bond acceptors (Lipinski definition) is 5. The Kier molecular flexibility index (Phi) is 4.52. The summed E-state index contributed by atoms with van der Waals surface area (Å²) in [6.45, 7) is 4.24. The van der Waals surface area contributed by atoms with Crippen molar-refractivity contribution in [3.63, 3.8) is 0 Å². The largest absolute Gasteiger partial charge is 0.461 e. The van der Waals surface area contributed by atoms with Gasteiger partial charge in [-0.2, -0.15) is 0 Å². The first-order valence-electron chi connectivity index (χ1n) is 6.21. The number of carbonyl (C=O) groups is 1. The summed E-state index contributed by atoms with van der Waals surface area (Å²) in [5, 5.41) is 3.94. The van der Waals surface area contributed by atoms with Crippen LogP contribution >= 0.6 is 11.3 Å². The molecule has 0 atom stereocenters. The number of anilines is 2. The third kappa shape index (κ3) is 3.32. The lowest BCUT2D eigenvalue weighted by Crippen LogP contribution is -2.07. The predicted molar refractivity (Wildman–Crippen MR) is 77.2 cm³/mol. The van der Waals surface area contributed by atoms with Gasteiger partial charge in [-0.05, 0) is 31.0 Å². The Morgan fingerprint density at radius 2 is 2.26 bits per heavy atom. The molecule has 100 valence electrons. The zero-order chi connectivity index (χ0) is 13.7. The summed E-state index contributed by atoms with van der Waals surface area (Å²) in [6, 6.07) is 8.10. The van der Waals surface area contributed by atoms with E-state index in [1.807, 2.05) is 12.1 Å². The van der Waals surface area contributed by atoms with E-state index in [9.17, 15) is 4.79 Å². The molecule has 1 N–H and O–H groups in total. The van der Waals surface area contributed by atoms with Gasteiger partial charge in [0, 0.05) is 5.69 Å². The van der Waals surface area contributed by atoms with Crippen LogP contribution in [-0.2, 0) is 11.2 Å². The van der Waals surface area contributed by atoms with E-state index in [0.717, 1.165) is 12.1 Å². The Bertz CT molecular complexity index is 566. The first-order chi connectivity index (χ1) is 9.24. The van der Waals surface area contributed by atoms with Crippen LogP contribution in [0.3, 0.4) is 0 Å². The van der Waals surface area contributed by atoms with Crippen molar-refractivity contribution in [2.45, 2.75) is 20.3 Å². The van der Waals surface area contributed by atoms with Crippen LogP contribution in [0.4, 0.5) is 10.7 Å². The number of hydrogen-bond donors (Lipinski definition) is 1. The van der Waals surface area contributed by atoms with Crippen LogP contribution in [0.5, 0.6) is 0 Å². The molecule has 0 aliphatic rings. The Morgan fingerprint density at radius 3 is 3.00 bits per heavy atom. The number of carbonyl (C=O) groups excluding carboxylic acids is 1. The maximum Gasteiger partial charge on any atom is 0.360 e. The van der Waals surface area contributed by atoms with Gasteiger partial charge in [0.15, 0.2) is 5.69 Å². The van der Waals surface area contributed by atoms with Gasteiger partial charge in [0.1, 0.15) is 5.00 Å². The van der Waals surface area contributed by atoms with Crippen LogP contribution in [0.15, 0.2) is 29.8 Å². The van der Waals surface area contributed by atoms with Gasteiger partial charge in [-0.25, -0.2) is 9.78 Å². The average Bonchev–Trinajstić information content (AvgIpc) is 2.87. The third-order valence-corrected chi connectivity index (χ3v) is 3.37. The van der Waals surface area contributed by atoms with Crippen LogP contribution in [0.25, 0.3) is 0 Å². The number of rotatable bonds is 5. The highest BCUT2D eigenvalue weighted by Crippen LogP contribution is 2.26. The third-order valence-electron chi connectivity index (χ3n) is 2.63. The SMILES string of the molecule is CCOC(=O)c1ncsc1Nc1cccc(CC)c1. The minimum atomic E-state index is -0.391. The van der Waals surface area contributed by atoms with Crippen LogP contribution < -0.4 is 5.32 Å². The standard InChI is InChI=1S/C14H16N2O2S/c1-3-10-6-5-7-11(8-10)16-13-12(15-9-19-13)14(17)18-4-2/h5-9,16H,3-4H2,1-2H3. The molecule has 0 saturated heterocycles. The topological polar surface area (TPSA) is 51.2 Å². The first kappa shape index (κ1) is 13.5. The molecule has 0 aliphatic carbocycles. The van der Waals surface area contributed by atoms with Crippen molar-refractivity contribution < 1.29 is 9.53 Å². The van der Waals surface area contributed by atoms with Crippen molar-refractivity contribution in [3.05, 3.63) is 41.0 Å². The summed E-state index contributed by atoms with van der Waals surface area (Å²) in [5.41, 5.74) is 4.17. The highest BCUT2D eigenvalue weighted by molar-refractivity contribution is 7.14. The van der Waals surface area contributed by atoms with Gasteiger partial charge in [0.05, 0.1) is 12.1 Å². The number of nitrogens with one attached hydrogen (secondary N) is 1. The molecule has 5 heteroatoms. The molecular formula is C14H16N2O2S. The molecule has 0 aliphatic heterocycles. The average molecular weight is 276 g/mol. The van der Waals surface area contributed by atoms with Crippen molar-refractivity contribution in [3.8, 4) is 0 Å². The molecule has 1 aromatic heterocycles. The molecule has 0 unspecified atom stereocenters. The lowest BCUT2D eigenvalue weighted by Gasteiger charge is -2.07. The van der Waals surface area contributed by atoms with Gasteiger partial charge in [-0.3, -0.25) is 0 Å². The molecule has 0 saturated carbocycles. The molecule has 0 bridgehead atoms. The number of aromatic nitrogens is 1. The minimum absolute atomic E-state index is 0.341. The molecule has 2 rings (SSSR count). The maximum atomic E-state index is 11.7. The van der Waals surface area contributed by atoms with E-state index < -0.39 is 5.97 Å². The summed E-state index contributed by atoms with van der Waals surface area (Å²) in [4.78, 5) is 15.8. The number of ether oxygens (including phenoxy) is 1. The Labute approximate surface area is 116 Å². The van der Waals surface area contributed by atoms with Crippen LogP contribution in [0.2, 0.25) is 0 Å². The smallest absolute Gasteiger partial charge is 0.360 e. The van der Waals surface area contributed by atoms with Crippen molar-refractivity contribution in [1.29, 1.82) is 0 Å². The predicted octanol–water partition coefficient (Wildman–Crippen LogP) is 3.63. The fourth-order valence-electron chi connectivity index (χ4n) is 1.68. The van der Waals surface area contributed by atoms with Gasteiger partial charge in [-0.15, -0.1) is 11.3 Å². The van der Waals surface area contributed by atoms with E-state index >= 15 is 0 Å². The van der Waals surface area contributed by atoms with E-state index in [-0.39, 0.29) is 0 Å². The monoisotopic (exact) mass is 276 g/mol. The highest BCUT2D eigenvalue weighted by atomic mass is 32.1. The molecule has 0 radical (unpaired) electrons. The Hall–Kier alpha value is -1.88. The minimum Gasteiger partial charge on any atom is -0.461 e. The second-order valence-electron chi connectivity index (χ2n) is 3.93. The summed E-state index contributed by atoms with van der Waals surface area (Å²) in [7, 11) is 0. The summed E-state index contributed by atoms with van der Waals surface area (Å²) in [6.07, 6.45) is 0.975. The van der Waals surface area contributed by atoms with Gasteiger partial charge < -0.3 is 10.1 Å². The van der Waals surface area contributed by atoms with Crippen LogP contribution in [0.1, 0.15) is 29.9 Å². The maximum absolute atomic E-state index is 11.7. The van der Waals surface area contributed by atoms with Gasteiger partial charge in [-0.1, -0.05) is 19.1 Å². The Morgan fingerprint density at radius 1 is 1.42 bits per heavy atom. The fourth-order valence-corrected chi connectivity index (χ4v) is 2.37. The molecule has 1 heterocycles. The quantitative estimate of drug-likeness (QED) is 0.847. The van der Waals surface area contributed by atoms with Crippen molar-refractivity contribution in [1.82, 2.24) is 4.98 Å². The van der Waals surface area contributed by atoms with E-state index in [1.165, 1.54) is 16.9 Å². The second kappa shape index (κ2) is 6.33. The molecule has 2 aromatic rings. The van der Waals surface area contributed by atoms with Gasteiger partial charge in [0.25, 0.3) is 0 Å². The second-order valence-corrected chi connectivity index (χ2v) is 4.78. The Balaban J connectivity index is 2.19. The number of esters is 1. The number of aryl methyl sites for hydroxylation is 1. The zero-order valence-corrected chi connectivity index (χ0v) is 11.8. The van der Waals surface area contributed by atoms with Crippen molar-refractivity contribution >= 4 is 28.0 Å². The summed E-state index contributed by atoms with van der Waals surface area (Å²) < 4.78 is 4.97. The molecule has 0 spiro atoms. The van der Waals surface area contributed by atoms with Gasteiger partial charge in [0.2, 0.25) is 0 Å². The number of benzene rings is 1. The number of nitrogens with zero attached hydrogens (tertiary/aromatic N) is 1. The van der Waals surface area contributed by atoms with Crippen molar-refractivity contribution in [2.24, 2.45) is 0 Å². The summed E-state index contributed by atoms with van der Waals surface area (Å²) >= 11 is 1.39. The lowest BCUT2D eigenvalue weighted by molar-refractivity contribution is 0.0521. The van der Waals surface area contributed by atoms with E-state index in [1.54, 1.807) is 12.4 Å². The molecule has 4 nitrogen and oxygen atoms in total.